The molecule has 0 aromatic carbocycles. The maximum Gasteiger partial charge on any atom is 0.504 e. The smallest absolute Gasteiger partial charge is 0.178 e. The summed E-state index contributed by atoms with van der Waals surface area (Å²) < 4.78 is 36.7. The lowest BCUT2D eigenvalue weighted by Gasteiger charge is -2.04. The average molecular weight is 216 g/mol. The molecule has 1 aromatic heterocycles. The normalized spacial score (nSPS) is 11.3. The zero-order valence-electron chi connectivity index (χ0n) is 8.47. The van der Waals surface area contributed by atoms with Gasteiger partial charge in [0.2, 0.25) is 0 Å². The summed E-state index contributed by atoms with van der Waals surface area (Å²) in [6.45, 7) is 7.17. The number of hydrogen-bond donors (Lipinski definition) is 0. The zero-order valence-corrected chi connectivity index (χ0v) is 8.47. The molecule has 0 aliphatic heterocycles. The number of allylic oxidation sites excluding steroid dienone is 3. The molecule has 0 aliphatic rings. The first-order chi connectivity index (χ1) is 6.86. The lowest BCUT2D eigenvalue weighted by atomic mass is 10.1. The van der Waals surface area contributed by atoms with E-state index in [0.717, 1.165) is 11.8 Å². The van der Waals surface area contributed by atoms with Crippen LogP contribution >= 0.6 is 0 Å². The van der Waals surface area contributed by atoms with Gasteiger partial charge in [-0.1, -0.05) is 18.2 Å². The minimum atomic E-state index is -4.47. The van der Waals surface area contributed by atoms with Crippen LogP contribution in [0.5, 0.6) is 0 Å². The molecule has 0 unspecified atom stereocenters. The Balaban J connectivity index is 3.15. The van der Waals surface area contributed by atoms with Gasteiger partial charge < -0.3 is 0 Å². The van der Waals surface area contributed by atoms with Gasteiger partial charge >= 0.3 is 6.30 Å². The Morgan fingerprint density at radius 1 is 1.47 bits per heavy atom. The van der Waals surface area contributed by atoms with Gasteiger partial charge in [0.25, 0.3) is 0 Å². The molecular weight excluding hydrogens is 205 g/mol. The summed E-state index contributed by atoms with van der Waals surface area (Å²) in [6.07, 6.45) is -0.819. The highest BCUT2D eigenvalue weighted by Crippen LogP contribution is 2.25. The molecule has 0 saturated carbocycles. The minimum Gasteiger partial charge on any atom is -0.178 e. The van der Waals surface area contributed by atoms with Crippen molar-refractivity contribution in [3.63, 3.8) is 0 Å². The van der Waals surface area contributed by atoms with Crippen LogP contribution in [0.25, 0.3) is 5.57 Å². The van der Waals surface area contributed by atoms with E-state index in [9.17, 15) is 13.2 Å². The third kappa shape index (κ3) is 2.49. The first kappa shape index (κ1) is 11.6. The predicted molar refractivity (Wildman–Crippen MR) is 52.0 cm³/mol. The van der Waals surface area contributed by atoms with Crippen LogP contribution in [0.1, 0.15) is 19.4 Å². The van der Waals surface area contributed by atoms with Gasteiger partial charge in [0.15, 0.2) is 0 Å². The predicted octanol–water partition coefficient (Wildman–Crippen LogP) is 3.34. The van der Waals surface area contributed by atoms with E-state index in [4.69, 9.17) is 0 Å². The van der Waals surface area contributed by atoms with Gasteiger partial charge in [0.1, 0.15) is 0 Å². The molecule has 0 bridgehead atoms. The molecule has 0 N–H and O–H groups in total. The number of hydrogen-bond acceptors (Lipinski definition) is 1. The Kier molecular flexibility index (Phi) is 3.02. The monoisotopic (exact) mass is 216 g/mol. The Labute approximate surface area is 85.7 Å². The molecule has 0 saturated heterocycles. The van der Waals surface area contributed by atoms with E-state index in [1.54, 1.807) is 0 Å². The van der Waals surface area contributed by atoms with Gasteiger partial charge in [-0.2, -0.15) is 9.78 Å². The zero-order chi connectivity index (χ0) is 11.6. The molecule has 82 valence electrons. The van der Waals surface area contributed by atoms with Crippen LogP contribution in [0.15, 0.2) is 30.6 Å². The second kappa shape index (κ2) is 3.92. The Bertz CT molecular complexity index is 395. The van der Waals surface area contributed by atoms with Crippen molar-refractivity contribution in [1.29, 1.82) is 0 Å². The van der Waals surface area contributed by atoms with Crippen LogP contribution in [0.3, 0.4) is 0 Å². The number of nitrogens with zero attached hydrogens (tertiary/aromatic N) is 2. The molecular formula is C10H11F3N2. The van der Waals surface area contributed by atoms with Crippen LogP contribution in [0.2, 0.25) is 0 Å². The van der Waals surface area contributed by atoms with Crippen LogP contribution in [-0.2, 0) is 6.30 Å². The van der Waals surface area contributed by atoms with Gasteiger partial charge in [-0.05, 0) is 19.4 Å². The summed E-state index contributed by atoms with van der Waals surface area (Å²) in [5.74, 6) is 0. The van der Waals surface area contributed by atoms with E-state index < -0.39 is 6.30 Å². The van der Waals surface area contributed by atoms with Crippen molar-refractivity contribution in [2.24, 2.45) is 0 Å². The molecule has 2 nitrogen and oxygen atoms in total. The largest absolute Gasteiger partial charge is 0.504 e. The fourth-order valence-corrected chi connectivity index (χ4v) is 1.21. The summed E-state index contributed by atoms with van der Waals surface area (Å²) in [4.78, 5) is 0. The van der Waals surface area contributed by atoms with Crippen LogP contribution < -0.4 is 0 Å². The molecule has 15 heavy (non-hydrogen) atoms. The maximum absolute atomic E-state index is 12.2. The van der Waals surface area contributed by atoms with E-state index in [2.05, 4.69) is 11.7 Å². The van der Waals surface area contributed by atoms with Crippen molar-refractivity contribution < 1.29 is 13.2 Å². The summed E-state index contributed by atoms with van der Waals surface area (Å²) in [5, 5.41) is 3.25. The van der Waals surface area contributed by atoms with Crippen molar-refractivity contribution >= 4 is 5.57 Å². The Morgan fingerprint density at radius 3 is 2.40 bits per heavy atom. The molecule has 1 heterocycles. The van der Waals surface area contributed by atoms with Crippen molar-refractivity contribution in [2.45, 2.75) is 20.1 Å². The SMILES string of the molecule is C=CC(=C(C)C)c1cnn(C(F)(F)F)c1. The van der Waals surface area contributed by atoms with Crippen molar-refractivity contribution in [3.05, 3.63) is 36.2 Å². The number of halogens is 3. The van der Waals surface area contributed by atoms with E-state index in [1.165, 1.54) is 12.3 Å². The third-order valence-corrected chi connectivity index (χ3v) is 1.90. The fourth-order valence-electron chi connectivity index (χ4n) is 1.21. The highest BCUT2D eigenvalue weighted by atomic mass is 19.4. The van der Waals surface area contributed by atoms with Crippen LogP contribution in [0, 0.1) is 0 Å². The lowest BCUT2D eigenvalue weighted by molar-refractivity contribution is -0.212. The molecule has 0 radical (unpaired) electrons. The van der Waals surface area contributed by atoms with Gasteiger partial charge in [0, 0.05) is 11.8 Å². The Hall–Kier alpha value is -1.52. The van der Waals surface area contributed by atoms with Gasteiger partial charge in [-0.15, -0.1) is 13.2 Å². The van der Waals surface area contributed by atoms with Crippen LogP contribution in [0.4, 0.5) is 13.2 Å². The minimum absolute atomic E-state index is 0.0191. The molecule has 0 atom stereocenters. The molecule has 0 spiro atoms. The van der Waals surface area contributed by atoms with E-state index in [-0.39, 0.29) is 4.68 Å². The highest BCUT2D eigenvalue weighted by molar-refractivity contribution is 5.74. The van der Waals surface area contributed by atoms with E-state index in [0.29, 0.717) is 11.1 Å². The lowest BCUT2D eigenvalue weighted by Crippen LogP contribution is -2.16. The first-order valence-corrected chi connectivity index (χ1v) is 4.28. The molecule has 1 rings (SSSR count). The summed E-state index contributed by atoms with van der Waals surface area (Å²) in [6, 6.07) is 0. The number of rotatable bonds is 2. The van der Waals surface area contributed by atoms with Crippen molar-refractivity contribution in [2.75, 3.05) is 0 Å². The first-order valence-electron chi connectivity index (χ1n) is 4.28. The molecule has 0 aliphatic carbocycles. The maximum atomic E-state index is 12.2. The molecule has 0 amide bonds. The molecule has 5 heteroatoms. The van der Waals surface area contributed by atoms with Crippen LogP contribution in [-0.4, -0.2) is 9.78 Å². The third-order valence-electron chi connectivity index (χ3n) is 1.90. The van der Waals surface area contributed by atoms with Crippen molar-refractivity contribution in [1.82, 2.24) is 9.78 Å². The van der Waals surface area contributed by atoms with Gasteiger partial charge in [-0.3, -0.25) is 0 Å². The Morgan fingerprint density at radius 2 is 2.07 bits per heavy atom. The summed E-state index contributed by atoms with van der Waals surface area (Å²) in [5.41, 5.74) is 1.99. The van der Waals surface area contributed by atoms with E-state index >= 15 is 0 Å². The second-order valence-electron chi connectivity index (χ2n) is 3.26. The van der Waals surface area contributed by atoms with E-state index in [1.807, 2.05) is 13.8 Å². The highest BCUT2D eigenvalue weighted by Gasteiger charge is 2.31. The number of aromatic nitrogens is 2. The summed E-state index contributed by atoms with van der Waals surface area (Å²) >= 11 is 0. The average Bonchev–Trinajstić information content (AvgIpc) is 2.52. The van der Waals surface area contributed by atoms with Gasteiger partial charge in [0.05, 0.1) is 6.20 Å². The fraction of sp³-hybridized carbons (Fsp3) is 0.300. The topological polar surface area (TPSA) is 17.8 Å². The standard InChI is InChI=1S/C10H11F3N2/c1-4-9(7(2)3)8-5-14-15(6-8)10(11,12)13/h4-6H,1H2,2-3H3. The van der Waals surface area contributed by atoms with Crippen molar-refractivity contribution in [3.8, 4) is 0 Å². The number of alkyl halides is 3. The van der Waals surface area contributed by atoms with Gasteiger partial charge in [-0.25, -0.2) is 0 Å². The second-order valence-corrected chi connectivity index (χ2v) is 3.26. The molecule has 0 fully saturated rings. The molecule has 1 aromatic rings. The quantitative estimate of drug-likeness (QED) is 0.693. The summed E-state index contributed by atoms with van der Waals surface area (Å²) in [7, 11) is 0.